The van der Waals surface area contributed by atoms with E-state index in [4.69, 9.17) is 9.47 Å². The number of methoxy groups -OCH3 is 1. The van der Waals surface area contributed by atoms with Crippen molar-refractivity contribution in [3.8, 4) is 5.75 Å². The zero-order valence-corrected chi connectivity index (χ0v) is 10.8. The molecule has 0 aliphatic heterocycles. The lowest BCUT2D eigenvalue weighted by Gasteiger charge is -2.20. The second kappa shape index (κ2) is 6.23. The van der Waals surface area contributed by atoms with Gasteiger partial charge in [0.25, 0.3) is 0 Å². The molecule has 1 aromatic rings. The lowest BCUT2D eigenvalue weighted by molar-refractivity contribution is -0.146. The largest absolute Gasteiger partial charge is 0.495 e. The van der Waals surface area contributed by atoms with Gasteiger partial charge in [-0.3, -0.25) is 9.78 Å². The molecule has 1 aromatic heterocycles. The maximum atomic E-state index is 11.9. The fourth-order valence-electron chi connectivity index (χ4n) is 1.74. The lowest BCUT2D eigenvalue weighted by Crippen LogP contribution is -2.22. The van der Waals surface area contributed by atoms with E-state index in [1.807, 2.05) is 13.8 Å². The molecule has 17 heavy (non-hydrogen) atoms. The second-order valence-corrected chi connectivity index (χ2v) is 4.06. The van der Waals surface area contributed by atoms with E-state index in [0.29, 0.717) is 18.1 Å². The van der Waals surface area contributed by atoms with Crippen molar-refractivity contribution in [2.24, 2.45) is 5.92 Å². The van der Waals surface area contributed by atoms with E-state index < -0.39 is 0 Å². The molecule has 0 aromatic carbocycles. The standard InChI is InChI=1S/C13H19NO3/c1-5-17-13(15)11(9(2)3)12-10(16-4)7-6-8-14-12/h6-9,11H,5H2,1-4H3. The Labute approximate surface area is 102 Å². The molecule has 0 fully saturated rings. The first kappa shape index (κ1) is 13.5. The Morgan fingerprint density at radius 1 is 1.47 bits per heavy atom. The van der Waals surface area contributed by atoms with Crippen LogP contribution in [0.3, 0.4) is 0 Å². The molecule has 0 saturated carbocycles. The van der Waals surface area contributed by atoms with Gasteiger partial charge in [-0.25, -0.2) is 0 Å². The number of rotatable bonds is 5. The Hall–Kier alpha value is -1.58. The molecule has 0 aliphatic rings. The van der Waals surface area contributed by atoms with E-state index in [1.165, 1.54) is 0 Å². The first-order valence-corrected chi connectivity index (χ1v) is 5.77. The number of carbonyl (C=O) groups is 1. The van der Waals surface area contributed by atoms with Crippen LogP contribution in [0.5, 0.6) is 5.75 Å². The van der Waals surface area contributed by atoms with Crippen molar-refractivity contribution >= 4 is 5.97 Å². The summed E-state index contributed by atoms with van der Waals surface area (Å²) in [5, 5.41) is 0. The van der Waals surface area contributed by atoms with Gasteiger partial charge in [0.1, 0.15) is 11.7 Å². The highest BCUT2D eigenvalue weighted by molar-refractivity contribution is 5.78. The maximum absolute atomic E-state index is 11.9. The molecule has 0 amide bonds. The predicted molar refractivity (Wildman–Crippen MR) is 65.0 cm³/mol. The van der Waals surface area contributed by atoms with Gasteiger partial charge in [-0.2, -0.15) is 0 Å². The number of carbonyl (C=O) groups excluding carboxylic acids is 1. The van der Waals surface area contributed by atoms with Crippen molar-refractivity contribution < 1.29 is 14.3 Å². The minimum absolute atomic E-state index is 0.109. The fourth-order valence-corrected chi connectivity index (χ4v) is 1.74. The summed E-state index contributed by atoms with van der Waals surface area (Å²) in [6.07, 6.45) is 1.66. The molecule has 0 spiro atoms. The predicted octanol–water partition coefficient (Wildman–Crippen LogP) is 2.39. The molecule has 94 valence electrons. The molecule has 4 heteroatoms. The molecule has 1 unspecified atom stereocenters. The van der Waals surface area contributed by atoms with Crippen LogP contribution in [-0.4, -0.2) is 24.7 Å². The zero-order chi connectivity index (χ0) is 12.8. The minimum atomic E-state index is -0.383. The van der Waals surface area contributed by atoms with E-state index in [0.717, 1.165) is 0 Å². The van der Waals surface area contributed by atoms with Crippen molar-refractivity contribution in [3.63, 3.8) is 0 Å². The number of ether oxygens (including phenoxy) is 2. The van der Waals surface area contributed by atoms with Crippen LogP contribution in [0.4, 0.5) is 0 Å². The van der Waals surface area contributed by atoms with Gasteiger partial charge in [0, 0.05) is 6.20 Å². The number of nitrogens with zero attached hydrogens (tertiary/aromatic N) is 1. The highest BCUT2D eigenvalue weighted by Gasteiger charge is 2.29. The first-order chi connectivity index (χ1) is 8.11. The Morgan fingerprint density at radius 2 is 2.18 bits per heavy atom. The molecule has 0 N–H and O–H groups in total. The Bertz CT molecular complexity index is 377. The van der Waals surface area contributed by atoms with Crippen LogP contribution >= 0.6 is 0 Å². The van der Waals surface area contributed by atoms with E-state index in [-0.39, 0.29) is 17.8 Å². The van der Waals surface area contributed by atoms with Crippen LogP contribution in [0.15, 0.2) is 18.3 Å². The van der Waals surface area contributed by atoms with Gasteiger partial charge in [0.2, 0.25) is 0 Å². The quantitative estimate of drug-likeness (QED) is 0.738. The van der Waals surface area contributed by atoms with E-state index in [9.17, 15) is 4.79 Å². The fraction of sp³-hybridized carbons (Fsp3) is 0.538. The highest BCUT2D eigenvalue weighted by atomic mass is 16.5. The van der Waals surface area contributed by atoms with Gasteiger partial charge in [-0.1, -0.05) is 13.8 Å². The molecular formula is C13H19NO3. The summed E-state index contributed by atoms with van der Waals surface area (Å²) in [6, 6.07) is 3.59. The third-order valence-electron chi connectivity index (χ3n) is 2.52. The molecule has 0 bridgehead atoms. The number of esters is 1. The molecule has 0 saturated heterocycles. The molecule has 1 atom stereocenters. The summed E-state index contributed by atoms with van der Waals surface area (Å²) < 4.78 is 10.3. The molecule has 0 aliphatic carbocycles. The third-order valence-corrected chi connectivity index (χ3v) is 2.52. The monoisotopic (exact) mass is 237 g/mol. The van der Waals surface area contributed by atoms with Crippen molar-refractivity contribution in [1.29, 1.82) is 0 Å². The first-order valence-electron chi connectivity index (χ1n) is 5.77. The molecular weight excluding hydrogens is 218 g/mol. The van der Waals surface area contributed by atoms with Gasteiger partial charge < -0.3 is 9.47 Å². The van der Waals surface area contributed by atoms with Gasteiger partial charge in [0.05, 0.1) is 19.4 Å². The SMILES string of the molecule is CCOC(=O)C(c1ncccc1OC)C(C)C. The normalized spacial score (nSPS) is 12.3. The van der Waals surface area contributed by atoms with Crippen LogP contribution in [-0.2, 0) is 9.53 Å². The highest BCUT2D eigenvalue weighted by Crippen LogP contribution is 2.30. The van der Waals surface area contributed by atoms with Crippen molar-refractivity contribution in [2.45, 2.75) is 26.7 Å². The van der Waals surface area contributed by atoms with Crippen LogP contribution in [0.1, 0.15) is 32.4 Å². The topological polar surface area (TPSA) is 48.4 Å². The van der Waals surface area contributed by atoms with Gasteiger partial charge in [-0.15, -0.1) is 0 Å². The van der Waals surface area contributed by atoms with Gasteiger partial charge in [-0.05, 0) is 25.0 Å². The van der Waals surface area contributed by atoms with Crippen molar-refractivity contribution in [3.05, 3.63) is 24.0 Å². The summed E-state index contributed by atoms with van der Waals surface area (Å²) in [4.78, 5) is 16.2. The molecule has 4 nitrogen and oxygen atoms in total. The van der Waals surface area contributed by atoms with Crippen LogP contribution in [0, 0.1) is 5.92 Å². The summed E-state index contributed by atoms with van der Waals surface area (Å²) >= 11 is 0. The van der Waals surface area contributed by atoms with E-state index in [1.54, 1.807) is 32.4 Å². The Morgan fingerprint density at radius 3 is 2.71 bits per heavy atom. The smallest absolute Gasteiger partial charge is 0.315 e. The lowest BCUT2D eigenvalue weighted by atomic mass is 9.91. The summed E-state index contributed by atoms with van der Waals surface area (Å²) in [5.74, 6) is 0.0997. The van der Waals surface area contributed by atoms with Gasteiger partial charge in [0.15, 0.2) is 0 Å². The maximum Gasteiger partial charge on any atom is 0.315 e. The number of pyridine rings is 1. The Balaban J connectivity index is 3.09. The minimum Gasteiger partial charge on any atom is -0.495 e. The third kappa shape index (κ3) is 3.19. The summed E-state index contributed by atoms with van der Waals surface area (Å²) in [6.45, 7) is 6.10. The van der Waals surface area contributed by atoms with E-state index >= 15 is 0 Å². The second-order valence-electron chi connectivity index (χ2n) is 4.06. The van der Waals surface area contributed by atoms with Crippen LogP contribution in [0.2, 0.25) is 0 Å². The Kier molecular flexibility index (Phi) is 4.94. The molecule has 1 heterocycles. The van der Waals surface area contributed by atoms with Crippen LogP contribution < -0.4 is 4.74 Å². The van der Waals surface area contributed by atoms with Crippen molar-refractivity contribution in [2.75, 3.05) is 13.7 Å². The number of aromatic nitrogens is 1. The number of hydrogen-bond donors (Lipinski definition) is 0. The molecule has 0 radical (unpaired) electrons. The summed E-state index contributed by atoms with van der Waals surface area (Å²) in [5.41, 5.74) is 0.642. The van der Waals surface area contributed by atoms with Crippen molar-refractivity contribution in [1.82, 2.24) is 4.98 Å². The average molecular weight is 237 g/mol. The molecule has 1 rings (SSSR count). The van der Waals surface area contributed by atoms with E-state index in [2.05, 4.69) is 4.98 Å². The summed E-state index contributed by atoms with van der Waals surface area (Å²) in [7, 11) is 1.57. The zero-order valence-electron chi connectivity index (χ0n) is 10.8. The van der Waals surface area contributed by atoms with Gasteiger partial charge >= 0.3 is 5.97 Å². The number of hydrogen-bond acceptors (Lipinski definition) is 4. The average Bonchev–Trinajstić information content (AvgIpc) is 2.30. The van der Waals surface area contributed by atoms with Crippen LogP contribution in [0.25, 0.3) is 0 Å².